The fourth-order valence-corrected chi connectivity index (χ4v) is 3.34. The van der Waals surface area contributed by atoms with Crippen LogP contribution in [0, 0.1) is 11.2 Å². The van der Waals surface area contributed by atoms with Gasteiger partial charge in [-0.15, -0.1) is 0 Å². The molecule has 2 heterocycles. The van der Waals surface area contributed by atoms with Crippen LogP contribution >= 0.6 is 0 Å². The van der Waals surface area contributed by atoms with Gasteiger partial charge >= 0.3 is 6.09 Å². The summed E-state index contributed by atoms with van der Waals surface area (Å²) < 4.78 is 20.1. The van der Waals surface area contributed by atoms with E-state index in [9.17, 15) is 14.0 Å². The van der Waals surface area contributed by atoms with E-state index in [-0.39, 0.29) is 19.0 Å². The van der Waals surface area contributed by atoms with Gasteiger partial charge in [-0.3, -0.25) is 15.1 Å². The molecule has 1 aliphatic rings. The third-order valence-electron chi connectivity index (χ3n) is 5.01. The molecule has 1 aromatic heterocycles. The van der Waals surface area contributed by atoms with E-state index in [1.807, 2.05) is 6.92 Å². The Morgan fingerprint density at radius 3 is 2.84 bits per heavy atom. The summed E-state index contributed by atoms with van der Waals surface area (Å²) in [5, 5.41) is 13.4. The Hall–Kier alpha value is -3.53. The molecule has 0 radical (unpaired) electrons. The van der Waals surface area contributed by atoms with Gasteiger partial charge < -0.3 is 20.3 Å². The Bertz CT molecular complexity index is 969. The number of aromatic nitrogens is 1. The van der Waals surface area contributed by atoms with Crippen molar-refractivity contribution < 1.29 is 18.7 Å². The number of likely N-dealkylation sites (N-methyl/N-ethyl adjacent to an activating group) is 1. The van der Waals surface area contributed by atoms with Crippen molar-refractivity contribution in [3.8, 4) is 11.1 Å². The van der Waals surface area contributed by atoms with Crippen LogP contribution in [0.5, 0.6) is 0 Å². The van der Waals surface area contributed by atoms with Crippen molar-refractivity contribution in [2.75, 3.05) is 42.5 Å². The first-order chi connectivity index (χ1) is 15.4. The van der Waals surface area contributed by atoms with Gasteiger partial charge in [0.15, 0.2) is 0 Å². The lowest BCUT2D eigenvalue weighted by atomic mass is 10.1. The number of carbonyl (C=O) groups excluding carboxylic acids is 2. The van der Waals surface area contributed by atoms with Gasteiger partial charge in [-0.05, 0) is 36.9 Å². The summed E-state index contributed by atoms with van der Waals surface area (Å²) in [5.41, 5.74) is 1.32. The van der Waals surface area contributed by atoms with E-state index in [1.54, 1.807) is 35.4 Å². The molecule has 2 aromatic rings. The largest absolute Gasteiger partial charge is 0.442 e. The highest BCUT2D eigenvalue weighted by Gasteiger charge is 2.32. The molecule has 0 saturated carbocycles. The predicted molar refractivity (Wildman–Crippen MR) is 121 cm³/mol. The summed E-state index contributed by atoms with van der Waals surface area (Å²) in [7, 11) is 0. The number of carbonyl (C=O) groups is 2. The maximum absolute atomic E-state index is 14.9. The van der Waals surface area contributed by atoms with E-state index >= 15 is 0 Å². The second-order valence-corrected chi connectivity index (χ2v) is 7.30. The molecule has 10 heteroatoms. The van der Waals surface area contributed by atoms with Crippen LogP contribution in [0.3, 0.4) is 0 Å². The van der Waals surface area contributed by atoms with Crippen LogP contribution in [0.25, 0.3) is 11.1 Å². The number of amides is 2. The number of benzene rings is 1. The molecule has 1 aromatic carbocycles. The van der Waals surface area contributed by atoms with Crippen LogP contribution in [0.1, 0.15) is 13.8 Å². The van der Waals surface area contributed by atoms with E-state index < -0.39 is 18.0 Å². The van der Waals surface area contributed by atoms with Crippen molar-refractivity contribution >= 4 is 29.8 Å². The summed E-state index contributed by atoms with van der Waals surface area (Å²) in [6.07, 6.45) is 1.70. The Morgan fingerprint density at radius 1 is 1.41 bits per heavy atom. The van der Waals surface area contributed by atoms with Crippen molar-refractivity contribution in [2.24, 2.45) is 0 Å². The average molecular weight is 442 g/mol. The van der Waals surface area contributed by atoms with E-state index in [4.69, 9.17) is 10.1 Å². The van der Waals surface area contributed by atoms with Crippen molar-refractivity contribution in [1.29, 1.82) is 5.41 Å². The first-order valence-electron chi connectivity index (χ1n) is 10.4. The summed E-state index contributed by atoms with van der Waals surface area (Å²) >= 11 is 0. The number of nitrogens with one attached hydrogen (secondary N) is 3. The van der Waals surface area contributed by atoms with Crippen LogP contribution < -0.4 is 20.4 Å². The quantitative estimate of drug-likeness (QED) is 0.296. The number of hydrogen-bond donors (Lipinski definition) is 3. The highest BCUT2D eigenvalue weighted by Crippen LogP contribution is 2.29. The normalized spacial score (nSPS) is 15.4. The third kappa shape index (κ3) is 5.58. The van der Waals surface area contributed by atoms with Crippen molar-refractivity contribution in [3.05, 3.63) is 42.3 Å². The second kappa shape index (κ2) is 10.7. The third-order valence-corrected chi connectivity index (χ3v) is 5.01. The zero-order chi connectivity index (χ0) is 23.1. The summed E-state index contributed by atoms with van der Waals surface area (Å²) in [6.45, 7) is 5.99. The van der Waals surface area contributed by atoms with E-state index in [0.717, 1.165) is 13.1 Å². The van der Waals surface area contributed by atoms with Gasteiger partial charge in [0.2, 0.25) is 5.91 Å². The van der Waals surface area contributed by atoms with Crippen molar-refractivity contribution in [3.63, 3.8) is 0 Å². The first kappa shape index (κ1) is 23.1. The molecule has 0 bridgehead atoms. The van der Waals surface area contributed by atoms with Crippen molar-refractivity contribution in [1.82, 2.24) is 15.6 Å². The molecular formula is C22H27FN6O3. The Kier molecular flexibility index (Phi) is 7.72. The number of hydrogen-bond acceptors (Lipinski definition) is 6. The molecular weight excluding hydrogens is 415 g/mol. The van der Waals surface area contributed by atoms with E-state index in [0.29, 0.717) is 29.2 Å². The Labute approximate surface area is 186 Å². The number of halogens is 1. The van der Waals surface area contributed by atoms with Crippen LogP contribution in [0.4, 0.5) is 20.7 Å². The fraction of sp³-hybridized carbons (Fsp3) is 0.364. The van der Waals surface area contributed by atoms with E-state index in [2.05, 4.69) is 15.6 Å². The van der Waals surface area contributed by atoms with Crippen LogP contribution in [0.2, 0.25) is 0 Å². The molecule has 1 fully saturated rings. The highest BCUT2D eigenvalue weighted by molar-refractivity contribution is 5.90. The summed E-state index contributed by atoms with van der Waals surface area (Å²) in [6, 6.07) is 8.01. The van der Waals surface area contributed by atoms with Gasteiger partial charge in [0.1, 0.15) is 17.7 Å². The average Bonchev–Trinajstić information content (AvgIpc) is 3.16. The molecule has 170 valence electrons. The summed E-state index contributed by atoms with van der Waals surface area (Å²) in [4.78, 5) is 30.6. The number of ether oxygens (including phenoxy) is 1. The topological polar surface area (TPSA) is 111 Å². The first-order valence-corrected chi connectivity index (χ1v) is 10.4. The lowest BCUT2D eigenvalue weighted by molar-refractivity contribution is -0.119. The van der Waals surface area contributed by atoms with Gasteiger partial charge in [0, 0.05) is 37.3 Å². The minimum atomic E-state index is -0.581. The Morgan fingerprint density at radius 2 is 2.22 bits per heavy atom. The van der Waals surface area contributed by atoms with E-state index in [1.165, 1.54) is 24.2 Å². The number of cyclic esters (lactones) is 1. The standard InChI is InChI=1S/C22H27FN6O3/c1-3-25-8-9-28(14-24)21-7-4-16(11-27-21)19-6-5-17(10-20(19)23)29-13-18(32-22(29)31)12-26-15(2)30/h4-7,10-11,14,18,24-25H,3,8-9,12-13H2,1-2H3,(H,26,30). The van der Waals surface area contributed by atoms with Crippen molar-refractivity contribution in [2.45, 2.75) is 20.0 Å². The second-order valence-electron chi connectivity index (χ2n) is 7.30. The molecule has 0 aliphatic carbocycles. The summed E-state index contributed by atoms with van der Waals surface area (Å²) in [5.74, 6) is -0.106. The van der Waals surface area contributed by atoms with Gasteiger partial charge in [0.05, 0.1) is 25.1 Å². The molecule has 1 saturated heterocycles. The molecule has 1 atom stereocenters. The molecule has 3 N–H and O–H groups in total. The molecule has 3 rings (SSSR count). The zero-order valence-electron chi connectivity index (χ0n) is 18.1. The van der Waals surface area contributed by atoms with Crippen LogP contribution in [-0.4, -0.2) is 62.2 Å². The van der Waals surface area contributed by atoms with Crippen LogP contribution in [-0.2, 0) is 9.53 Å². The molecule has 0 spiro atoms. The fourth-order valence-electron chi connectivity index (χ4n) is 3.34. The minimum absolute atomic E-state index is 0.206. The van der Waals surface area contributed by atoms with Gasteiger partial charge in [-0.1, -0.05) is 6.92 Å². The number of anilines is 2. The molecule has 1 unspecified atom stereocenters. The lowest BCUT2D eigenvalue weighted by Crippen LogP contribution is -2.33. The SMILES string of the molecule is CCNCCN(C=N)c1ccc(-c2ccc(N3CC(CNC(C)=O)OC3=O)cc2F)cn1. The van der Waals surface area contributed by atoms with Gasteiger partial charge in [-0.25, -0.2) is 14.2 Å². The van der Waals surface area contributed by atoms with Gasteiger partial charge in [0.25, 0.3) is 0 Å². The predicted octanol–water partition coefficient (Wildman–Crippen LogP) is 2.37. The highest BCUT2D eigenvalue weighted by atomic mass is 19.1. The maximum Gasteiger partial charge on any atom is 0.414 e. The smallest absolute Gasteiger partial charge is 0.414 e. The molecule has 2 amide bonds. The zero-order valence-corrected chi connectivity index (χ0v) is 18.1. The van der Waals surface area contributed by atoms with Crippen LogP contribution in [0.15, 0.2) is 36.5 Å². The lowest BCUT2D eigenvalue weighted by Gasteiger charge is -2.18. The molecule has 9 nitrogen and oxygen atoms in total. The Balaban J connectivity index is 1.70. The maximum atomic E-state index is 14.9. The number of nitrogens with zero attached hydrogens (tertiary/aromatic N) is 3. The molecule has 1 aliphatic heterocycles. The monoisotopic (exact) mass is 442 g/mol. The minimum Gasteiger partial charge on any atom is -0.442 e. The number of pyridine rings is 1. The number of rotatable bonds is 10. The van der Waals surface area contributed by atoms with Gasteiger partial charge in [-0.2, -0.15) is 0 Å². The molecule has 32 heavy (non-hydrogen) atoms.